The standard InChI is InChI=1S/C23H26N4O3/c1-16(2)14-27-22(29)19-11-7-6-10-18(19)21(25-27)23(30)26(13-12-20(24)28)15-17-8-4-3-5-9-17/h3-11,16H,12-15H2,1-2H3,(H2,24,28). The van der Waals surface area contributed by atoms with Crippen molar-refractivity contribution < 1.29 is 9.59 Å². The zero-order chi connectivity index (χ0) is 21.7. The third-order valence-corrected chi connectivity index (χ3v) is 4.74. The van der Waals surface area contributed by atoms with Crippen LogP contribution in [-0.4, -0.2) is 33.0 Å². The van der Waals surface area contributed by atoms with Crippen LogP contribution in [0.15, 0.2) is 59.4 Å². The number of fused-ring (bicyclic) bond motifs is 1. The van der Waals surface area contributed by atoms with Crippen LogP contribution in [0.4, 0.5) is 0 Å². The molecule has 1 aromatic heterocycles. The molecule has 30 heavy (non-hydrogen) atoms. The summed E-state index contributed by atoms with van der Waals surface area (Å²) in [7, 11) is 0. The Kier molecular flexibility index (Phi) is 6.61. The SMILES string of the molecule is CC(C)Cn1nc(C(=O)N(CCC(N)=O)Cc2ccccc2)c2ccccc2c1=O. The molecule has 2 amide bonds. The predicted octanol–water partition coefficient (Wildman–Crippen LogP) is 2.57. The lowest BCUT2D eigenvalue weighted by molar-refractivity contribution is -0.118. The number of benzene rings is 2. The Morgan fingerprint density at radius 3 is 2.30 bits per heavy atom. The number of amides is 2. The Morgan fingerprint density at radius 1 is 1.03 bits per heavy atom. The molecule has 0 bridgehead atoms. The van der Waals surface area contributed by atoms with Gasteiger partial charge in [0.2, 0.25) is 5.91 Å². The van der Waals surface area contributed by atoms with Crippen LogP contribution in [0.2, 0.25) is 0 Å². The van der Waals surface area contributed by atoms with Crippen molar-refractivity contribution in [2.24, 2.45) is 11.7 Å². The summed E-state index contributed by atoms with van der Waals surface area (Å²) in [6, 6.07) is 16.5. The maximum atomic E-state index is 13.5. The van der Waals surface area contributed by atoms with Crippen molar-refractivity contribution in [3.63, 3.8) is 0 Å². The molecule has 3 rings (SSSR count). The molecule has 0 aliphatic rings. The zero-order valence-electron chi connectivity index (χ0n) is 17.2. The molecule has 0 unspecified atom stereocenters. The van der Waals surface area contributed by atoms with Gasteiger partial charge in [-0.25, -0.2) is 4.68 Å². The third-order valence-electron chi connectivity index (χ3n) is 4.74. The monoisotopic (exact) mass is 406 g/mol. The van der Waals surface area contributed by atoms with E-state index >= 15 is 0 Å². The minimum absolute atomic E-state index is 0.0438. The van der Waals surface area contributed by atoms with E-state index in [-0.39, 0.29) is 36.0 Å². The number of aromatic nitrogens is 2. The van der Waals surface area contributed by atoms with E-state index < -0.39 is 5.91 Å². The first kappa shape index (κ1) is 21.2. The molecule has 0 saturated carbocycles. The van der Waals surface area contributed by atoms with Crippen LogP contribution < -0.4 is 11.3 Å². The highest BCUT2D eigenvalue weighted by Gasteiger charge is 2.23. The number of hydrogen-bond donors (Lipinski definition) is 1. The lowest BCUT2D eigenvalue weighted by Gasteiger charge is -2.23. The highest BCUT2D eigenvalue weighted by Crippen LogP contribution is 2.17. The average molecular weight is 406 g/mol. The minimum Gasteiger partial charge on any atom is -0.370 e. The molecule has 7 nitrogen and oxygen atoms in total. The average Bonchev–Trinajstić information content (AvgIpc) is 2.73. The van der Waals surface area contributed by atoms with E-state index in [2.05, 4.69) is 5.10 Å². The van der Waals surface area contributed by atoms with E-state index in [1.165, 1.54) is 4.68 Å². The van der Waals surface area contributed by atoms with Crippen molar-refractivity contribution >= 4 is 22.6 Å². The van der Waals surface area contributed by atoms with E-state index in [4.69, 9.17) is 5.73 Å². The van der Waals surface area contributed by atoms with Gasteiger partial charge < -0.3 is 10.6 Å². The van der Waals surface area contributed by atoms with Crippen LogP contribution in [0.1, 0.15) is 36.3 Å². The summed E-state index contributed by atoms with van der Waals surface area (Å²) in [5.74, 6) is -0.633. The molecule has 3 aromatic rings. The first-order valence-corrected chi connectivity index (χ1v) is 9.98. The van der Waals surface area contributed by atoms with Crippen LogP contribution in [-0.2, 0) is 17.9 Å². The van der Waals surface area contributed by atoms with Gasteiger partial charge in [0.05, 0.1) is 5.39 Å². The van der Waals surface area contributed by atoms with Gasteiger partial charge in [0, 0.05) is 31.4 Å². The molecular formula is C23H26N4O3. The molecule has 0 atom stereocenters. The molecule has 1 heterocycles. The molecular weight excluding hydrogens is 380 g/mol. The second-order valence-electron chi connectivity index (χ2n) is 7.70. The van der Waals surface area contributed by atoms with Gasteiger partial charge in [0.1, 0.15) is 0 Å². The van der Waals surface area contributed by atoms with Crippen LogP contribution in [0.5, 0.6) is 0 Å². The zero-order valence-corrected chi connectivity index (χ0v) is 17.2. The summed E-state index contributed by atoms with van der Waals surface area (Å²) in [4.78, 5) is 39.3. The van der Waals surface area contributed by atoms with Gasteiger partial charge in [-0.3, -0.25) is 14.4 Å². The number of hydrogen-bond acceptors (Lipinski definition) is 4. The molecule has 0 radical (unpaired) electrons. The lowest BCUT2D eigenvalue weighted by atomic mass is 10.1. The summed E-state index contributed by atoms with van der Waals surface area (Å²) in [5, 5.41) is 5.38. The van der Waals surface area contributed by atoms with Crippen molar-refractivity contribution in [1.82, 2.24) is 14.7 Å². The Balaban J connectivity index is 2.07. The Hall–Kier alpha value is -3.48. The summed E-state index contributed by atoms with van der Waals surface area (Å²) in [6.45, 7) is 4.86. The highest BCUT2D eigenvalue weighted by molar-refractivity contribution is 6.04. The molecule has 156 valence electrons. The van der Waals surface area contributed by atoms with Crippen molar-refractivity contribution in [2.75, 3.05) is 6.54 Å². The Morgan fingerprint density at radius 2 is 1.67 bits per heavy atom. The van der Waals surface area contributed by atoms with Crippen LogP contribution >= 0.6 is 0 Å². The molecule has 2 aromatic carbocycles. The second-order valence-corrected chi connectivity index (χ2v) is 7.70. The minimum atomic E-state index is -0.483. The molecule has 0 spiro atoms. The number of carbonyl (C=O) groups excluding carboxylic acids is 2. The molecule has 7 heteroatoms. The highest BCUT2D eigenvalue weighted by atomic mass is 16.2. The number of primary amides is 1. The Labute approximate surface area is 175 Å². The topological polar surface area (TPSA) is 98.3 Å². The van der Waals surface area contributed by atoms with Gasteiger partial charge in [-0.15, -0.1) is 0 Å². The number of carbonyl (C=O) groups is 2. The van der Waals surface area contributed by atoms with Crippen molar-refractivity contribution in [3.05, 3.63) is 76.2 Å². The molecule has 0 saturated heterocycles. The third kappa shape index (κ3) is 4.92. The normalized spacial score (nSPS) is 11.0. The van der Waals surface area contributed by atoms with E-state index in [1.807, 2.05) is 44.2 Å². The maximum absolute atomic E-state index is 13.5. The first-order chi connectivity index (χ1) is 14.4. The molecule has 2 N–H and O–H groups in total. The molecule has 0 fully saturated rings. The van der Waals surface area contributed by atoms with Gasteiger partial charge in [0.15, 0.2) is 5.69 Å². The van der Waals surface area contributed by atoms with Gasteiger partial charge in [0.25, 0.3) is 11.5 Å². The number of nitrogens with two attached hydrogens (primary N) is 1. The maximum Gasteiger partial charge on any atom is 0.275 e. The molecule has 0 aliphatic heterocycles. The van der Waals surface area contributed by atoms with E-state index in [9.17, 15) is 14.4 Å². The lowest BCUT2D eigenvalue weighted by Crippen LogP contribution is -2.36. The Bertz CT molecular complexity index is 1110. The van der Waals surface area contributed by atoms with Crippen LogP contribution in [0.25, 0.3) is 10.8 Å². The van der Waals surface area contributed by atoms with Crippen molar-refractivity contribution in [3.8, 4) is 0 Å². The van der Waals surface area contributed by atoms with E-state index in [1.54, 1.807) is 29.2 Å². The largest absolute Gasteiger partial charge is 0.370 e. The smallest absolute Gasteiger partial charge is 0.275 e. The van der Waals surface area contributed by atoms with Crippen LogP contribution in [0, 0.1) is 5.92 Å². The van der Waals surface area contributed by atoms with Crippen LogP contribution in [0.3, 0.4) is 0 Å². The number of rotatable bonds is 8. The van der Waals surface area contributed by atoms with Gasteiger partial charge in [-0.2, -0.15) is 5.10 Å². The summed E-state index contributed by atoms with van der Waals surface area (Å²) in [6.07, 6.45) is 0.0438. The van der Waals surface area contributed by atoms with Gasteiger partial charge >= 0.3 is 0 Å². The van der Waals surface area contributed by atoms with E-state index in [0.717, 1.165) is 5.56 Å². The summed E-state index contributed by atoms with van der Waals surface area (Å²) in [5.41, 5.74) is 6.23. The fourth-order valence-electron chi connectivity index (χ4n) is 3.31. The predicted molar refractivity (Wildman–Crippen MR) is 116 cm³/mol. The van der Waals surface area contributed by atoms with E-state index in [0.29, 0.717) is 23.9 Å². The van der Waals surface area contributed by atoms with Crippen molar-refractivity contribution in [1.29, 1.82) is 0 Å². The van der Waals surface area contributed by atoms with Gasteiger partial charge in [-0.1, -0.05) is 62.4 Å². The number of nitrogens with zero attached hydrogens (tertiary/aromatic N) is 3. The summed E-state index contributed by atoms with van der Waals surface area (Å²) < 4.78 is 1.36. The van der Waals surface area contributed by atoms with Crippen molar-refractivity contribution in [2.45, 2.75) is 33.4 Å². The summed E-state index contributed by atoms with van der Waals surface area (Å²) >= 11 is 0. The molecule has 0 aliphatic carbocycles. The second kappa shape index (κ2) is 9.35. The van der Waals surface area contributed by atoms with Gasteiger partial charge in [-0.05, 0) is 17.5 Å². The fourth-order valence-corrected chi connectivity index (χ4v) is 3.31. The quantitative estimate of drug-likeness (QED) is 0.622. The fraction of sp³-hybridized carbons (Fsp3) is 0.304. The first-order valence-electron chi connectivity index (χ1n) is 9.98.